The third-order valence-corrected chi connectivity index (χ3v) is 3.50. The standard InChI is InChI=1S/C15H23NO4/c1-15(2,10-17)16(3)14(18)8-11-6-7-12(19-4)9-13(11)20-5/h6-7,9,17H,8,10H2,1-5H3. The van der Waals surface area contributed by atoms with Crippen molar-refractivity contribution >= 4 is 5.91 Å². The van der Waals surface area contributed by atoms with Gasteiger partial charge in [0.25, 0.3) is 0 Å². The van der Waals surface area contributed by atoms with Gasteiger partial charge in [0.15, 0.2) is 0 Å². The fraction of sp³-hybridized carbons (Fsp3) is 0.533. The average Bonchev–Trinajstić information content (AvgIpc) is 2.46. The molecule has 5 nitrogen and oxygen atoms in total. The summed E-state index contributed by atoms with van der Waals surface area (Å²) >= 11 is 0. The van der Waals surface area contributed by atoms with Gasteiger partial charge in [-0.25, -0.2) is 0 Å². The molecule has 1 aromatic carbocycles. The van der Waals surface area contributed by atoms with Crippen molar-refractivity contribution in [1.82, 2.24) is 4.90 Å². The van der Waals surface area contributed by atoms with Crippen molar-refractivity contribution in [1.29, 1.82) is 0 Å². The minimum Gasteiger partial charge on any atom is -0.497 e. The molecule has 5 heteroatoms. The van der Waals surface area contributed by atoms with Crippen molar-refractivity contribution in [3.63, 3.8) is 0 Å². The van der Waals surface area contributed by atoms with Crippen molar-refractivity contribution < 1.29 is 19.4 Å². The minimum atomic E-state index is -0.587. The molecule has 112 valence electrons. The Morgan fingerprint density at radius 1 is 1.30 bits per heavy atom. The summed E-state index contributed by atoms with van der Waals surface area (Å²) in [5, 5.41) is 9.31. The van der Waals surface area contributed by atoms with Crippen LogP contribution in [0, 0.1) is 0 Å². The summed E-state index contributed by atoms with van der Waals surface area (Å²) < 4.78 is 10.4. The first-order valence-electron chi connectivity index (χ1n) is 6.44. The van der Waals surface area contributed by atoms with Crippen LogP contribution >= 0.6 is 0 Å². The van der Waals surface area contributed by atoms with Crippen molar-refractivity contribution in [3.05, 3.63) is 23.8 Å². The van der Waals surface area contributed by atoms with Crippen LogP contribution < -0.4 is 9.47 Å². The van der Waals surface area contributed by atoms with Gasteiger partial charge in [-0.15, -0.1) is 0 Å². The zero-order chi connectivity index (χ0) is 15.3. The van der Waals surface area contributed by atoms with Gasteiger partial charge in [0.05, 0.1) is 32.8 Å². The lowest BCUT2D eigenvalue weighted by molar-refractivity contribution is -0.135. The van der Waals surface area contributed by atoms with Gasteiger partial charge in [0.1, 0.15) is 11.5 Å². The summed E-state index contributed by atoms with van der Waals surface area (Å²) in [4.78, 5) is 13.8. The SMILES string of the molecule is COc1ccc(CC(=O)N(C)C(C)(C)CO)c(OC)c1. The predicted octanol–water partition coefficient (Wildman–Crippen LogP) is 1.48. The third-order valence-electron chi connectivity index (χ3n) is 3.50. The van der Waals surface area contributed by atoms with Crippen LogP contribution in [0.2, 0.25) is 0 Å². The molecule has 20 heavy (non-hydrogen) atoms. The number of aliphatic hydroxyl groups excluding tert-OH is 1. The number of amides is 1. The van der Waals surface area contributed by atoms with Gasteiger partial charge in [-0.2, -0.15) is 0 Å². The van der Waals surface area contributed by atoms with Gasteiger partial charge in [0.2, 0.25) is 5.91 Å². The zero-order valence-corrected chi connectivity index (χ0v) is 12.8. The van der Waals surface area contributed by atoms with Crippen LogP contribution in [0.3, 0.4) is 0 Å². The first kappa shape index (κ1) is 16.3. The van der Waals surface area contributed by atoms with Gasteiger partial charge < -0.3 is 19.5 Å². The van der Waals surface area contributed by atoms with Crippen LogP contribution in [-0.2, 0) is 11.2 Å². The molecule has 0 aliphatic heterocycles. The fourth-order valence-corrected chi connectivity index (χ4v) is 1.72. The second-order valence-corrected chi connectivity index (χ2v) is 5.28. The van der Waals surface area contributed by atoms with Crippen LogP contribution in [0.25, 0.3) is 0 Å². The summed E-state index contributed by atoms with van der Waals surface area (Å²) in [6.07, 6.45) is 0.215. The van der Waals surface area contributed by atoms with E-state index in [0.717, 1.165) is 5.56 Å². The number of carbonyl (C=O) groups excluding carboxylic acids is 1. The van der Waals surface area contributed by atoms with E-state index in [4.69, 9.17) is 9.47 Å². The van der Waals surface area contributed by atoms with Gasteiger partial charge in [-0.05, 0) is 19.9 Å². The Morgan fingerprint density at radius 2 is 1.95 bits per heavy atom. The molecule has 0 spiro atoms. The Hall–Kier alpha value is -1.75. The highest BCUT2D eigenvalue weighted by Crippen LogP contribution is 2.26. The molecule has 1 N–H and O–H groups in total. The Balaban J connectivity index is 2.90. The van der Waals surface area contributed by atoms with Gasteiger partial charge >= 0.3 is 0 Å². The molecular formula is C15H23NO4. The lowest BCUT2D eigenvalue weighted by Gasteiger charge is -2.34. The number of hydrogen-bond donors (Lipinski definition) is 1. The van der Waals surface area contributed by atoms with E-state index in [1.165, 1.54) is 0 Å². The highest BCUT2D eigenvalue weighted by atomic mass is 16.5. The maximum absolute atomic E-state index is 12.3. The quantitative estimate of drug-likeness (QED) is 0.858. The number of likely N-dealkylation sites (N-methyl/N-ethyl adjacent to an activating group) is 1. The number of nitrogens with zero attached hydrogens (tertiary/aromatic N) is 1. The Bertz CT molecular complexity index is 471. The van der Waals surface area contributed by atoms with Crippen LogP contribution in [-0.4, -0.2) is 49.3 Å². The second-order valence-electron chi connectivity index (χ2n) is 5.28. The zero-order valence-electron chi connectivity index (χ0n) is 12.8. The number of rotatable bonds is 6. The minimum absolute atomic E-state index is 0.0764. The number of aliphatic hydroxyl groups is 1. The summed E-state index contributed by atoms with van der Waals surface area (Å²) in [6, 6.07) is 5.36. The van der Waals surface area contributed by atoms with Crippen LogP contribution in [0.5, 0.6) is 11.5 Å². The maximum Gasteiger partial charge on any atom is 0.227 e. The van der Waals surface area contributed by atoms with E-state index < -0.39 is 5.54 Å². The molecule has 0 aromatic heterocycles. The van der Waals surface area contributed by atoms with Gasteiger partial charge in [0, 0.05) is 18.7 Å². The second kappa shape index (κ2) is 6.61. The summed E-state index contributed by atoms with van der Waals surface area (Å²) in [5.74, 6) is 1.22. The molecule has 0 radical (unpaired) electrons. The predicted molar refractivity (Wildman–Crippen MR) is 77.2 cm³/mol. The topological polar surface area (TPSA) is 59.0 Å². The normalized spacial score (nSPS) is 11.1. The van der Waals surface area contributed by atoms with E-state index in [9.17, 15) is 9.90 Å². The number of hydrogen-bond acceptors (Lipinski definition) is 4. The smallest absolute Gasteiger partial charge is 0.227 e. The maximum atomic E-state index is 12.3. The third kappa shape index (κ3) is 3.63. The van der Waals surface area contributed by atoms with E-state index in [-0.39, 0.29) is 18.9 Å². The van der Waals surface area contributed by atoms with Crippen LogP contribution in [0.4, 0.5) is 0 Å². The highest BCUT2D eigenvalue weighted by molar-refractivity contribution is 5.80. The molecule has 1 rings (SSSR count). The summed E-state index contributed by atoms with van der Waals surface area (Å²) in [7, 11) is 4.83. The molecule has 0 aliphatic carbocycles. The molecule has 0 saturated heterocycles. The van der Waals surface area contributed by atoms with Crippen LogP contribution in [0.15, 0.2) is 18.2 Å². The lowest BCUT2D eigenvalue weighted by atomic mass is 10.0. The first-order chi connectivity index (χ1) is 9.35. The number of methoxy groups -OCH3 is 2. The number of carbonyl (C=O) groups is 1. The van der Waals surface area contributed by atoms with Crippen molar-refractivity contribution in [3.8, 4) is 11.5 Å². The van der Waals surface area contributed by atoms with Crippen molar-refractivity contribution in [2.24, 2.45) is 0 Å². The van der Waals surface area contributed by atoms with E-state index in [1.54, 1.807) is 38.3 Å². The molecule has 0 bridgehead atoms. The Kier molecular flexibility index (Phi) is 5.39. The van der Waals surface area contributed by atoms with Crippen LogP contribution in [0.1, 0.15) is 19.4 Å². The van der Waals surface area contributed by atoms with Crippen molar-refractivity contribution in [2.45, 2.75) is 25.8 Å². The number of ether oxygens (including phenoxy) is 2. The molecule has 1 amide bonds. The highest BCUT2D eigenvalue weighted by Gasteiger charge is 2.27. The summed E-state index contributed by atoms with van der Waals surface area (Å²) in [6.45, 7) is 3.54. The number of benzene rings is 1. The largest absolute Gasteiger partial charge is 0.497 e. The fourth-order valence-electron chi connectivity index (χ4n) is 1.72. The van der Waals surface area contributed by atoms with Crippen molar-refractivity contribution in [2.75, 3.05) is 27.9 Å². The van der Waals surface area contributed by atoms with E-state index >= 15 is 0 Å². The molecular weight excluding hydrogens is 258 g/mol. The molecule has 0 aliphatic rings. The monoisotopic (exact) mass is 281 g/mol. The van der Waals surface area contributed by atoms with E-state index in [0.29, 0.717) is 11.5 Å². The lowest BCUT2D eigenvalue weighted by Crippen LogP contribution is -2.48. The molecule has 0 unspecified atom stereocenters. The molecule has 0 saturated carbocycles. The summed E-state index contributed by atoms with van der Waals surface area (Å²) in [5.41, 5.74) is 0.204. The molecule has 0 fully saturated rings. The molecule has 0 atom stereocenters. The first-order valence-corrected chi connectivity index (χ1v) is 6.44. The van der Waals surface area contributed by atoms with E-state index in [1.807, 2.05) is 19.9 Å². The Morgan fingerprint density at radius 3 is 2.45 bits per heavy atom. The molecule has 0 heterocycles. The Labute approximate surface area is 120 Å². The average molecular weight is 281 g/mol. The molecule has 1 aromatic rings. The van der Waals surface area contributed by atoms with Gasteiger partial charge in [-0.1, -0.05) is 6.07 Å². The van der Waals surface area contributed by atoms with Gasteiger partial charge in [-0.3, -0.25) is 4.79 Å². The van der Waals surface area contributed by atoms with E-state index in [2.05, 4.69) is 0 Å².